The van der Waals surface area contributed by atoms with Crippen LogP contribution in [0, 0.1) is 0 Å². The smallest absolute Gasteiger partial charge is 0.336 e. The summed E-state index contributed by atoms with van der Waals surface area (Å²) >= 11 is 0. The lowest BCUT2D eigenvalue weighted by Gasteiger charge is -2.34. The lowest BCUT2D eigenvalue weighted by atomic mass is 9.75. The number of para-hydroxylation sites is 1. The molecule has 0 aromatic heterocycles. The third-order valence-corrected chi connectivity index (χ3v) is 6.89. The Morgan fingerprint density at radius 2 is 1.86 bits per heavy atom. The summed E-state index contributed by atoms with van der Waals surface area (Å²) in [6.45, 7) is 3.19. The van der Waals surface area contributed by atoms with E-state index in [9.17, 15) is 9.59 Å². The molecule has 182 valence electrons. The molecule has 2 atom stereocenters. The summed E-state index contributed by atoms with van der Waals surface area (Å²) in [6, 6.07) is 17.6. The number of benzene rings is 2. The van der Waals surface area contributed by atoms with Crippen molar-refractivity contribution in [3.8, 4) is 5.75 Å². The van der Waals surface area contributed by atoms with E-state index in [-0.39, 0.29) is 18.5 Å². The third-order valence-electron chi connectivity index (χ3n) is 6.89. The van der Waals surface area contributed by atoms with E-state index in [1.807, 2.05) is 61.5 Å². The van der Waals surface area contributed by atoms with E-state index in [1.54, 1.807) is 0 Å². The van der Waals surface area contributed by atoms with Gasteiger partial charge in [-0.2, -0.15) is 0 Å². The molecule has 2 aliphatic heterocycles. The minimum Gasteiger partial charge on any atom is -0.489 e. The molecule has 3 aliphatic rings. The molecule has 5 rings (SSSR count). The van der Waals surface area contributed by atoms with E-state index in [1.165, 1.54) is 0 Å². The number of hydrogen-bond acceptors (Lipinski definition) is 6. The summed E-state index contributed by atoms with van der Waals surface area (Å²) in [5.74, 6) is -0.231. The van der Waals surface area contributed by atoms with Crippen LogP contribution in [-0.2, 0) is 25.7 Å². The number of Topliss-reactive ketones (excluding diaryl/α,β-unsaturated/α-hetero) is 1. The van der Waals surface area contributed by atoms with Crippen LogP contribution in [0.25, 0.3) is 0 Å². The zero-order chi connectivity index (χ0) is 24.2. The third kappa shape index (κ3) is 5.03. The number of hydrogen-bond donors (Lipinski definition) is 1. The van der Waals surface area contributed by atoms with Crippen LogP contribution >= 0.6 is 0 Å². The molecule has 0 spiro atoms. The normalized spacial score (nSPS) is 22.0. The van der Waals surface area contributed by atoms with Crippen molar-refractivity contribution in [3.63, 3.8) is 0 Å². The zero-order valence-electron chi connectivity index (χ0n) is 20.0. The summed E-state index contributed by atoms with van der Waals surface area (Å²) in [5, 5.41) is 3.35. The predicted molar refractivity (Wildman–Crippen MR) is 132 cm³/mol. The van der Waals surface area contributed by atoms with Crippen molar-refractivity contribution in [2.45, 2.75) is 57.7 Å². The highest BCUT2D eigenvalue weighted by atomic mass is 16.6. The number of carbonyl (C=O) groups excluding carboxylic acids is 2. The van der Waals surface area contributed by atoms with Gasteiger partial charge in [-0.3, -0.25) is 4.79 Å². The molecular formula is C29H31NO5. The maximum Gasteiger partial charge on any atom is 0.336 e. The average molecular weight is 474 g/mol. The number of allylic oxidation sites excluding steroid dienone is 3. The van der Waals surface area contributed by atoms with Gasteiger partial charge in [-0.1, -0.05) is 48.5 Å². The molecule has 6 heteroatoms. The number of ether oxygens (including phenoxy) is 3. The van der Waals surface area contributed by atoms with E-state index in [0.29, 0.717) is 36.5 Å². The fraction of sp³-hybridized carbons (Fsp3) is 0.379. The molecular weight excluding hydrogens is 442 g/mol. The molecule has 0 unspecified atom stereocenters. The Hall–Kier alpha value is -3.38. The van der Waals surface area contributed by atoms with Gasteiger partial charge in [0.15, 0.2) is 5.78 Å². The molecule has 1 saturated heterocycles. The first-order valence-corrected chi connectivity index (χ1v) is 12.4. The standard InChI is InChI=1S/C29H31NO5/c1-19-26(29(32)35-18-21-11-8-16-33-21)27(28-23(30-19)13-7-14-24(28)31)22-12-5-6-15-25(22)34-17-20-9-3-2-4-10-20/h2-6,9-10,12,15,21,27,30H,7-8,11,13-14,16-18H2,1H3/t21-,27+/m0/s1. The number of nitrogens with one attached hydrogen (secondary N) is 1. The summed E-state index contributed by atoms with van der Waals surface area (Å²) < 4.78 is 17.6. The van der Waals surface area contributed by atoms with Crippen molar-refractivity contribution in [1.29, 1.82) is 0 Å². The van der Waals surface area contributed by atoms with Gasteiger partial charge in [-0.25, -0.2) is 4.79 Å². The van der Waals surface area contributed by atoms with Crippen molar-refractivity contribution in [1.82, 2.24) is 5.32 Å². The Morgan fingerprint density at radius 3 is 2.66 bits per heavy atom. The Kier molecular flexibility index (Phi) is 7.00. The highest BCUT2D eigenvalue weighted by Crippen LogP contribution is 2.45. The van der Waals surface area contributed by atoms with Crippen LogP contribution < -0.4 is 10.1 Å². The lowest BCUT2D eigenvalue weighted by Crippen LogP contribution is -2.35. The fourth-order valence-corrected chi connectivity index (χ4v) is 5.17. The van der Waals surface area contributed by atoms with Gasteiger partial charge < -0.3 is 19.5 Å². The van der Waals surface area contributed by atoms with Gasteiger partial charge in [0.25, 0.3) is 0 Å². The Morgan fingerprint density at radius 1 is 1.06 bits per heavy atom. The topological polar surface area (TPSA) is 73.9 Å². The van der Waals surface area contributed by atoms with Crippen LogP contribution in [0.2, 0.25) is 0 Å². The number of ketones is 1. The van der Waals surface area contributed by atoms with Crippen molar-refractivity contribution in [2.75, 3.05) is 13.2 Å². The molecule has 2 aromatic carbocycles. The van der Waals surface area contributed by atoms with Gasteiger partial charge in [0.2, 0.25) is 0 Å². The summed E-state index contributed by atoms with van der Waals surface area (Å²) in [4.78, 5) is 26.7. The van der Waals surface area contributed by atoms with Crippen LogP contribution in [0.4, 0.5) is 0 Å². The molecule has 0 radical (unpaired) electrons. The molecule has 1 N–H and O–H groups in total. The first-order valence-electron chi connectivity index (χ1n) is 12.4. The van der Waals surface area contributed by atoms with Crippen LogP contribution in [-0.4, -0.2) is 31.1 Å². The monoisotopic (exact) mass is 473 g/mol. The van der Waals surface area contributed by atoms with E-state index in [2.05, 4.69) is 5.32 Å². The predicted octanol–water partition coefficient (Wildman–Crippen LogP) is 4.96. The minimum absolute atomic E-state index is 0.0672. The van der Waals surface area contributed by atoms with Gasteiger partial charge in [-0.15, -0.1) is 0 Å². The molecule has 2 aromatic rings. The average Bonchev–Trinajstić information content (AvgIpc) is 3.40. The van der Waals surface area contributed by atoms with Gasteiger partial charge in [0, 0.05) is 35.6 Å². The molecule has 6 nitrogen and oxygen atoms in total. The van der Waals surface area contributed by atoms with E-state index >= 15 is 0 Å². The van der Waals surface area contributed by atoms with E-state index < -0.39 is 11.9 Å². The first kappa shape index (κ1) is 23.4. The zero-order valence-corrected chi connectivity index (χ0v) is 20.0. The fourth-order valence-electron chi connectivity index (χ4n) is 5.17. The molecule has 0 amide bonds. The van der Waals surface area contributed by atoms with E-state index in [0.717, 1.165) is 48.2 Å². The van der Waals surface area contributed by atoms with Crippen LogP contribution in [0.1, 0.15) is 56.1 Å². The first-order chi connectivity index (χ1) is 17.1. The van der Waals surface area contributed by atoms with E-state index in [4.69, 9.17) is 14.2 Å². The minimum atomic E-state index is -0.539. The molecule has 2 heterocycles. The molecule has 0 bridgehead atoms. The second kappa shape index (κ2) is 10.5. The van der Waals surface area contributed by atoms with Crippen LogP contribution in [0.5, 0.6) is 5.75 Å². The maximum atomic E-state index is 13.5. The second-order valence-corrected chi connectivity index (χ2v) is 9.31. The maximum absolute atomic E-state index is 13.5. The Bertz CT molecular complexity index is 1160. The van der Waals surface area contributed by atoms with Crippen LogP contribution in [0.3, 0.4) is 0 Å². The Balaban J connectivity index is 1.50. The number of rotatable bonds is 7. The van der Waals surface area contributed by atoms with Crippen molar-refractivity contribution >= 4 is 11.8 Å². The quantitative estimate of drug-likeness (QED) is 0.574. The molecule has 0 saturated carbocycles. The molecule has 35 heavy (non-hydrogen) atoms. The summed E-state index contributed by atoms with van der Waals surface area (Å²) in [5.41, 5.74) is 4.59. The number of esters is 1. The highest BCUT2D eigenvalue weighted by Gasteiger charge is 2.40. The van der Waals surface area contributed by atoms with Crippen molar-refractivity contribution < 1.29 is 23.8 Å². The summed E-state index contributed by atoms with van der Waals surface area (Å²) in [7, 11) is 0. The highest BCUT2D eigenvalue weighted by molar-refractivity contribution is 6.04. The SMILES string of the molecule is CC1=C(C(=O)OC[C@@H]2CCCO2)[C@@H](c2ccccc2OCc2ccccc2)C2=C(CCCC2=O)N1. The van der Waals surface area contributed by atoms with Crippen LogP contribution in [0.15, 0.2) is 77.1 Å². The van der Waals surface area contributed by atoms with Gasteiger partial charge >= 0.3 is 5.97 Å². The van der Waals surface area contributed by atoms with Gasteiger partial charge in [0.1, 0.15) is 19.0 Å². The Labute approximate surface area is 206 Å². The lowest BCUT2D eigenvalue weighted by molar-refractivity contribution is -0.142. The summed E-state index contributed by atoms with van der Waals surface area (Å²) in [6.07, 6.45) is 3.85. The molecule has 1 aliphatic carbocycles. The number of dihydropyridines is 1. The second-order valence-electron chi connectivity index (χ2n) is 9.31. The van der Waals surface area contributed by atoms with Gasteiger partial charge in [0.05, 0.1) is 17.6 Å². The molecule has 1 fully saturated rings. The van der Waals surface area contributed by atoms with Crippen molar-refractivity contribution in [3.05, 3.63) is 88.3 Å². The number of carbonyl (C=O) groups is 2. The van der Waals surface area contributed by atoms with Gasteiger partial charge in [-0.05, 0) is 44.2 Å². The van der Waals surface area contributed by atoms with Crippen molar-refractivity contribution in [2.24, 2.45) is 0 Å². The largest absolute Gasteiger partial charge is 0.489 e.